The number of carbonyl (C=O) groups excluding carboxylic acids is 1. The van der Waals surface area contributed by atoms with Crippen LogP contribution in [0.3, 0.4) is 0 Å². The molecule has 0 spiro atoms. The maximum atomic E-state index is 13.1. The predicted molar refractivity (Wildman–Crippen MR) is 128 cm³/mol. The second kappa shape index (κ2) is 9.30. The molecule has 0 saturated carbocycles. The zero-order chi connectivity index (χ0) is 22.6. The van der Waals surface area contributed by atoms with Crippen molar-refractivity contribution in [2.75, 3.05) is 0 Å². The number of fused-ring (bicyclic) bond motifs is 1. The van der Waals surface area contributed by atoms with E-state index in [0.717, 1.165) is 27.5 Å². The highest BCUT2D eigenvalue weighted by molar-refractivity contribution is 7.98. The van der Waals surface area contributed by atoms with E-state index in [1.165, 1.54) is 6.33 Å². The first-order valence-corrected chi connectivity index (χ1v) is 11.6. The van der Waals surface area contributed by atoms with Crippen molar-refractivity contribution in [3.63, 3.8) is 0 Å². The average Bonchev–Trinajstić information content (AvgIpc) is 3.53. The van der Waals surface area contributed by atoms with E-state index in [-0.39, 0.29) is 11.9 Å². The van der Waals surface area contributed by atoms with Gasteiger partial charge in [0, 0.05) is 23.0 Å². The lowest BCUT2D eigenvalue weighted by atomic mass is 10.1. The number of thioether (sulfide) groups is 1. The van der Waals surface area contributed by atoms with Gasteiger partial charge in [0.1, 0.15) is 18.3 Å². The molecule has 0 bridgehead atoms. The zero-order valence-electron chi connectivity index (χ0n) is 18.0. The molecule has 0 aliphatic heterocycles. The molecule has 5 aromatic rings. The number of carbonyl (C=O) groups is 1. The Labute approximate surface area is 195 Å². The van der Waals surface area contributed by atoms with Crippen LogP contribution in [0.5, 0.6) is 0 Å². The molecular formula is C25H22N6OS. The fraction of sp³-hybridized carbons (Fsp3) is 0.120. The number of amides is 1. The van der Waals surface area contributed by atoms with Crippen molar-refractivity contribution in [3.05, 3.63) is 109 Å². The van der Waals surface area contributed by atoms with Crippen LogP contribution in [0, 0.1) is 0 Å². The van der Waals surface area contributed by atoms with E-state index >= 15 is 0 Å². The van der Waals surface area contributed by atoms with E-state index in [4.69, 9.17) is 0 Å². The van der Waals surface area contributed by atoms with Crippen molar-refractivity contribution in [2.24, 2.45) is 0 Å². The fourth-order valence-corrected chi connectivity index (χ4v) is 4.54. The molecule has 2 aromatic carbocycles. The third kappa shape index (κ3) is 4.65. The first kappa shape index (κ1) is 21.0. The van der Waals surface area contributed by atoms with Gasteiger partial charge in [0.2, 0.25) is 0 Å². The number of pyridine rings is 1. The summed E-state index contributed by atoms with van der Waals surface area (Å²) in [6, 6.07) is 21.4. The van der Waals surface area contributed by atoms with Gasteiger partial charge in [-0.15, -0.1) is 11.8 Å². The summed E-state index contributed by atoms with van der Waals surface area (Å²) in [6.07, 6.45) is 7.16. The summed E-state index contributed by atoms with van der Waals surface area (Å²) in [6.45, 7) is 1.98. The molecule has 5 rings (SSSR count). The van der Waals surface area contributed by atoms with Gasteiger partial charge in [0.25, 0.3) is 5.91 Å². The van der Waals surface area contributed by atoms with Gasteiger partial charge in [-0.2, -0.15) is 5.10 Å². The normalized spacial score (nSPS) is 12.0. The molecule has 0 aliphatic carbocycles. The van der Waals surface area contributed by atoms with Gasteiger partial charge in [-0.05, 0) is 48.9 Å². The Morgan fingerprint density at radius 2 is 1.88 bits per heavy atom. The Morgan fingerprint density at radius 1 is 1.06 bits per heavy atom. The van der Waals surface area contributed by atoms with E-state index in [0.29, 0.717) is 11.3 Å². The monoisotopic (exact) mass is 454 g/mol. The van der Waals surface area contributed by atoms with Crippen molar-refractivity contribution in [1.29, 1.82) is 0 Å². The van der Waals surface area contributed by atoms with Crippen LogP contribution in [0.15, 0.2) is 96.7 Å². The van der Waals surface area contributed by atoms with Crippen molar-refractivity contribution in [1.82, 2.24) is 29.5 Å². The van der Waals surface area contributed by atoms with Crippen LogP contribution in [-0.4, -0.2) is 30.1 Å². The summed E-state index contributed by atoms with van der Waals surface area (Å²) in [5.41, 5.74) is 4.49. The Morgan fingerprint density at radius 3 is 2.67 bits per heavy atom. The smallest absolute Gasteiger partial charge is 0.252 e. The Bertz CT molecular complexity index is 1340. The van der Waals surface area contributed by atoms with E-state index in [1.807, 2.05) is 90.4 Å². The Balaban J connectivity index is 1.26. The summed E-state index contributed by atoms with van der Waals surface area (Å²) in [5, 5.41) is 7.26. The molecular weight excluding hydrogens is 432 g/mol. The van der Waals surface area contributed by atoms with Crippen LogP contribution in [-0.2, 0) is 5.75 Å². The SMILES string of the molecule is CC(NC(=O)c1ccccc1SCc1cn2ccccc2n1)c1ccc(-n2cncn2)cc1. The average molecular weight is 455 g/mol. The molecule has 0 saturated heterocycles. The van der Waals surface area contributed by atoms with Crippen molar-refractivity contribution >= 4 is 23.3 Å². The lowest BCUT2D eigenvalue weighted by Crippen LogP contribution is -2.27. The number of rotatable bonds is 7. The third-order valence-corrected chi connectivity index (χ3v) is 6.45. The maximum absolute atomic E-state index is 13.1. The number of imidazole rings is 1. The Kier molecular flexibility index (Phi) is 5.91. The molecule has 3 aromatic heterocycles. The predicted octanol–water partition coefficient (Wildman–Crippen LogP) is 4.70. The molecule has 1 N–H and O–H groups in total. The zero-order valence-corrected chi connectivity index (χ0v) is 18.8. The molecule has 3 heterocycles. The molecule has 164 valence electrons. The molecule has 33 heavy (non-hydrogen) atoms. The van der Waals surface area contributed by atoms with Crippen LogP contribution < -0.4 is 5.32 Å². The largest absolute Gasteiger partial charge is 0.345 e. The Hall–Kier alpha value is -3.91. The molecule has 1 unspecified atom stereocenters. The van der Waals surface area contributed by atoms with Gasteiger partial charge in [0.05, 0.1) is 23.0 Å². The van der Waals surface area contributed by atoms with Crippen molar-refractivity contribution in [2.45, 2.75) is 23.6 Å². The fourth-order valence-electron chi connectivity index (χ4n) is 3.60. The van der Waals surface area contributed by atoms with Gasteiger partial charge >= 0.3 is 0 Å². The first-order chi connectivity index (χ1) is 16.2. The topological polar surface area (TPSA) is 77.1 Å². The van der Waals surface area contributed by atoms with E-state index < -0.39 is 0 Å². The van der Waals surface area contributed by atoms with E-state index in [1.54, 1.807) is 22.8 Å². The summed E-state index contributed by atoms with van der Waals surface area (Å²) in [5.74, 6) is 0.589. The number of hydrogen-bond donors (Lipinski definition) is 1. The van der Waals surface area contributed by atoms with Crippen LogP contribution in [0.1, 0.15) is 34.6 Å². The number of nitrogens with zero attached hydrogens (tertiary/aromatic N) is 5. The van der Waals surface area contributed by atoms with Crippen LogP contribution in [0.4, 0.5) is 0 Å². The standard InChI is InChI=1S/C25H22N6OS/c1-18(19-9-11-21(12-10-19)31-17-26-16-27-31)28-25(32)22-6-2-3-7-23(22)33-15-20-14-30-13-5-4-8-24(30)29-20/h2-14,16-18H,15H2,1H3,(H,28,32). The maximum Gasteiger partial charge on any atom is 0.252 e. The van der Waals surface area contributed by atoms with Gasteiger partial charge in [-0.3, -0.25) is 4.79 Å². The summed E-state index contributed by atoms with van der Waals surface area (Å²) in [4.78, 5) is 22.6. The van der Waals surface area contributed by atoms with Gasteiger partial charge < -0.3 is 9.72 Å². The minimum Gasteiger partial charge on any atom is -0.345 e. The number of hydrogen-bond acceptors (Lipinski definition) is 5. The van der Waals surface area contributed by atoms with Gasteiger partial charge in [-0.1, -0.05) is 30.3 Å². The number of nitrogens with one attached hydrogen (secondary N) is 1. The molecule has 7 nitrogen and oxygen atoms in total. The lowest BCUT2D eigenvalue weighted by molar-refractivity contribution is 0.0937. The second-order valence-corrected chi connectivity index (χ2v) is 8.63. The van der Waals surface area contributed by atoms with Crippen LogP contribution >= 0.6 is 11.8 Å². The minimum atomic E-state index is -0.140. The molecule has 0 radical (unpaired) electrons. The summed E-state index contributed by atoms with van der Waals surface area (Å²) in [7, 11) is 0. The second-order valence-electron chi connectivity index (χ2n) is 7.61. The van der Waals surface area contributed by atoms with Gasteiger partial charge in [-0.25, -0.2) is 14.6 Å². The summed E-state index contributed by atoms with van der Waals surface area (Å²) < 4.78 is 3.70. The molecule has 0 fully saturated rings. The van der Waals surface area contributed by atoms with Crippen LogP contribution in [0.2, 0.25) is 0 Å². The van der Waals surface area contributed by atoms with E-state index in [2.05, 4.69) is 20.4 Å². The lowest BCUT2D eigenvalue weighted by Gasteiger charge is -2.16. The molecule has 1 amide bonds. The number of aromatic nitrogens is 5. The summed E-state index contributed by atoms with van der Waals surface area (Å²) >= 11 is 1.61. The van der Waals surface area contributed by atoms with Crippen molar-refractivity contribution in [3.8, 4) is 5.69 Å². The number of benzene rings is 2. The highest BCUT2D eigenvalue weighted by atomic mass is 32.2. The molecule has 1 atom stereocenters. The minimum absolute atomic E-state index is 0.0963. The van der Waals surface area contributed by atoms with E-state index in [9.17, 15) is 4.79 Å². The highest BCUT2D eigenvalue weighted by Crippen LogP contribution is 2.27. The molecule has 0 aliphatic rings. The van der Waals surface area contributed by atoms with Crippen LogP contribution in [0.25, 0.3) is 11.3 Å². The van der Waals surface area contributed by atoms with Crippen molar-refractivity contribution < 1.29 is 4.79 Å². The quantitative estimate of drug-likeness (QED) is 0.361. The molecule has 8 heteroatoms. The first-order valence-electron chi connectivity index (χ1n) is 10.6. The highest BCUT2D eigenvalue weighted by Gasteiger charge is 2.16. The third-order valence-electron chi connectivity index (χ3n) is 5.35. The van der Waals surface area contributed by atoms with Gasteiger partial charge in [0.15, 0.2) is 0 Å².